The maximum Gasteiger partial charge on any atom is 0.174 e. The maximum absolute atomic E-state index is 5.91. The van der Waals surface area contributed by atoms with Crippen LogP contribution in [0.2, 0.25) is 0 Å². The molecule has 0 spiro atoms. The van der Waals surface area contributed by atoms with Gasteiger partial charge in [-0.1, -0.05) is 55.5 Å². The number of benzene rings is 2. The van der Waals surface area contributed by atoms with Gasteiger partial charge in [-0.2, -0.15) is 0 Å². The van der Waals surface area contributed by atoms with Gasteiger partial charge in [0.05, 0.1) is 17.8 Å². The fraction of sp³-hybridized carbons (Fsp3) is 0.241. The second-order valence-electron chi connectivity index (χ2n) is 8.91. The summed E-state index contributed by atoms with van der Waals surface area (Å²) in [5.74, 6) is 0. The van der Waals surface area contributed by atoms with E-state index in [9.17, 15) is 0 Å². The lowest BCUT2D eigenvalue weighted by Gasteiger charge is -2.28. The Labute approximate surface area is 207 Å². The lowest BCUT2D eigenvalue weighted by Crippen LogP contribution is -2.29. The van der Waals surface area contributed by atoms with Gasteiger partial charge in [0.2, 0.25) is 0 Å². The molecule has 1 fully saturated rings. The van der Waals surface area contributed by atoms with Gasteiger partial charge in [0, 0.05) is 29.8 Å². The van der Waals surface area contributed by atoms with Crippen LogP contribution >= 0.6 is 12.2 Å². The summed E-state index contributed by atoms with van der Waals surface area (Å²) >= 11 is 5.91. The molecule has 1 saturated heterocycles. The molecule has 0 radical (unpaired) electrons. The first-order chi connectivity index (χ1) is 16.6. The summed E-state index contributed by atoms with van der Waals surface area (Å²) in [5, 5.41) is 4.32. The van der Waals surface area contributed by atoms with Crippen molar-refractivity contribution >= 4 is 23.0 Å². The average Bonchev–Trinajstić information content (AvgIpc) is 3.36. The van der Waals surface area contributed by atoms with Crippen LogP contribution in [0, 0.1) is 13.8 Å². The van der Waals surface area contributed by atoms with Crippen LogP contribution in [0.1, 0.15) is 52.8 Å². The van der Waals surface area contributed by atoms with Gasteiger partial charge in [-0.3, -0.25) is 4.98 Å². The summed E-state index contributed by atoms with van der Waals surface area (Å²) < 4.78 is 2.40. The zero-order valence-corrected chi connectivity index (χ0v) is 20.7. The highest BCUT2D eigenvalue weighted by Crippen LogP contribution is 2.43. The van der Waals surface area contributed by atoms with Crippen LogP contribution in [0.4, 0.5) is 5.69 Å². The van der Waals surface area contributed by atoms with E-state index >= 15 is 0 Å². The van der Waals surface area contributed by atoms with Gasteiger partial charge >= 0.3 is 0 Å². The molecular weight excluding hydrogens is 436 g/mol. The predicted octanol–water partition coefficient (Wildman–Crippen LogP) is 6.29. The quantitative estimate of drug-likeness (QED) is 0.339. The van der Waals surface area contributed by atoms with Crippen LogP contribution in [-0.2, 0) is 13.0 Å². The summed E-state index contributed by atoms with van der Waals surface area (Å²) in [6.45, 7) is 7.44. The molecule has 0 bridgehead atoms. The van der Waals surface area contributed by atoms with E-state index in [-0.39, 0.29) is 12.1 Å². The van der Waals surface area contributed by atoms with Crippen molar-refractivity contribution in [1.29, 1.82) is 0 Å². The molecule has 0 unspecified atom stereocenters. The molecule has 1 aliphatic rings. The number of thiocarbonyl (C=S) groups is 1. The minimum Gasteiger partial charge on any atom is -0.351 e. The molecule has 2 aromatic heterocycles. The fourth-order valence-corrected chi connectivity index (χ4v) is 5.32. The highest BCUT2D eigenvalue weighted by molar-refractivity contribution is 7.80. The average molecular weight is 467 g/mol. The molecule has 2 aromatic carbocycles. The van der Waals surface area contributed by atoms with Crippen LogP contribution in [0.3, 0.4) is 0 Å². The van der Waals surface area contributed by atoms with Crippen molar-refractivity contribution in [2.45, 2.75) is 45.8 Å². The largest absolute Gasteiger partial charge is 0.351 e. The summed E-state index contributed by atoms with van der Waals surface area (Å²) in [4.78, 5) is 6.96. The number of aryl methyl sites for hydroxylation is 2. The summed E-state index contributed by atoms with van der Waals surface area (Å²) in [5.41, 5.74) is 8.49. The lowest BCUT2D eigenvalue weighted by molar-refractivity contribution is 0.563. The Kier molecular flexibility index (Phi) is 6.20. The van der Waals surface area contributed by atoms with Crippen LogP contribution < -0.4 is 10.2 Å². The van der Waals surface area contributed by atoms with Gasteiger partial charge in [0.15, 0.2) is 5.11 Å². The van der Waals surface area contributed by atoms with Crippen LogP contribution in [-0.4, -0.2) is 14.7 Å². The van der Waals surface area contributed by atoms with E-state index in [2.05, 4.69) is 102 Å². The number of hydrogen-bond acceptors (Lipinski definition) is 2. The summed E-state index contributed by atoms with van der Waals surface area (Å²) in [6, 6.07) is 27.8. The molecule has 3 heterocycles. The smallest absolute Gasteiger partial charge is 0.174 e. The van der Waals surface area contributed by atoms with Crippen LogP contribution in [0.25, 0.3) is 0 Å². The molecule has 0 aliphatic carbocycles. The SMILES string of the molecule is CCc1ccc(N2C(=S)N[C@H](c3ccccn3)[C@@H]2c2cc(C)n(Cc3ccccc3)c2C)cc1. The Bertz CT molecular complexity index is 1280. The molecular formula is C29H30N4S. The Morgan fingerprint density at radius 1 is 0.912 bits per heavy atom. The zero-order valence-electron chi connectivity index (χ0n) is 19.9. The van der Waals surface area contributed by atoms with E-state index in [1.54, 1.807) is 0 Å². The van der Waals surface area contributed by atoms with Crippen LogP contribution in [0.5, 0.6) is 0 Å². The highest BCUT2D eigenvalue weighted by atomic mass is 32.1. The Morgan fingerprint density at radius 3 is 2.32 bits per heavy atom. The lowest BCUT2D eigenvalue weighted by atomic mass is 9.96. The van der Waals surface area contributed by atoms with E-state index in [1.807, 2.05) is 18.3 Å². The van der Waals surface area contributed by atoms with Gasteiger partial charge in [-0.15, -0.1) is 0 Å². The molecule has 34 heavy (non-hydrogen) atoms. The van der Waals surface area contributed by atoms with E-state index in [0.717, 1.165) is 29.5 Å². The minimum atomic E-state index is -0.0368. The first-order valence-electron chi connectivity index (χ1n) is 11.9. The molecule has 2 atom stereocenters. The molecule has 0 amide bonds. The Balaban J connectivity index is 1.61. The number of aromatic nitrogens is 2. The highest BCUT2D eigenvalue weighted by Gasteiger charge is 2.42. The molecule has 1 N–H and O–H groups in total. The van der Waals surface area contributed by atoms with Crippen molar-refractivity contribution in [2.75, 3.05) is 4.90 Å². The normalized spacial score (nSPS) is 17.7. The third-order valence-electron chi connectivity index (χ3n) is 6.84. The number of nitrogens with one attached hydrogen (secondary N) is 1. The summed E-state index contributed by atoms with van der Waals surface area (Å²) in [6.07, 6.45) is 2.87. The van der Waals surface area contributed by atoms with Crippen molar-refractivity contribution in [3.63, 3.8) is 0 Å². The number of nitrogens with zero attached hydrogens (tertiary/aromatic N) is 3. The molecule has 5 rings (SSSR count). The van der Waals surface area contributed by atoms with Crippen molar-refractivity contribution in [3.05, 3.63) is 119 Å². The predicted molar refractivity (Wildman–Crippen MR) is 143 cm³/mol. The second kappa shape index (κ2) is 9.43. The van der Waals surface area contributed by atoms with Gasteiger partial charge < -0.3 is 14.8 Å². The summed E-state index contributed by atoms with van der Waals surface area (Å²) in [7, 11) is 0. The van der Waals surface area contributed by atoms with Gasteiger partial charge in [0.1, 0.15) is 0 Å². The standard InChI is InChI=1S/C29H30N4S/c1-4-22-13-15-24(16-14-22)33-28(27(31-29(33)34)26-12-8-9-17-30-26)25-18-20(2)32(21(25)3)19-23-10-6-5-7-11-23/h5-18,27-28H,4,19H2,1-3H3,(H,31,34)/t27-,28+/m1/s1. The number of anilines is 1. The monoisotopic (exact) mass is 466 g/mol. The van der Waals surface area contributed by atoms with E-state index in [4.69, 9.17) is 17.2 Å². The van der Waals surface area contributed by atoms with Gasteiger partial charge in [-0.05, 0) is 79.5 Å². The Hall–Kier alpha value is -3.44. The van der Waals surface area contributed by atoms with Crippen molar-refractivity contribution in [3.8, 4) is 0 Å². The fourth-order valence-electron chi connectivity index (χ4n) is 4.98. The first-order valence-corrected chi connectivity index (χ1v) is 12.3. The van der Waals surface area contributed by atoms with Gasteiger partial charge in [-0.25, -0.2) is 0 Å². The number of hydrogen-bond donors (Lipinski definition) is 1. The molecule has 172 valence electrons. The molecule has 4 aromatic rings. The molecule has 5 heteroatoms. The number of pyridine rings is 1. The van der Waals surface area contributed by atoms with Crippen molar-refractivity contribution in [1.82, 2.24) is 14.9 Å². The van der Waals surface area contributed by atoms with E-state index < -0.39 is 0 Å². The molecule has 0 saturated carbocycles. The Morgan fingerprint density at radius 2 is 1.65 bits per heavy atom. The first kappa shape index (κ1) is 22.4. The second-order valence-corrected chi connectivity index (χ2v) is 9.30. The molecule has 1 aliphatic heterocycles. The minimum absolute atomic E-state index is 0.00519. The maximum atomic E-state index is 5.91. The van der Waals surface area contributed by atoms with Crippen molar-refractivity contribution in [2.24, 2.45) is 0 Å². The van der Waals surface area contributed by atoms with E-state index in [1.165, 1.54) is 28.1 Å². The topological polar surface area (TPSA) is 33.1 Å². The van der Waals surface area contributed by atoms with Crippen molar-refractivity contribution < 1.29 is 0 Å². The van der Waals surface area contributed by atoms with Crippen LogP contribution in [0.15, 0.2) is 85.1 Å². The van der Waals surface area contributed by atoms with Gasteiger partial charge in [0.25, 0.3) is 0 Å². The third kappa shape index (κ3) is 4.12. The van der Waals surface area contributed by atoms with E-state index in [0.29, 0.717) is 0 Å². The number of rotatable bonds is 6. The third-order valence-corrected chi connectivity index (χ3v) is 7.15. The molecule has 4 nitrogen and oxygen atoms in total. The zero-order chi connectivity index (χ0) is 23.7.